The summed E-state index contributed by atoms with van der Waals surface area (Å²) in [5.74, 6) is 1.36. The van der Waals surface area contributed by atoms with Crippen LogP contribution >= 0.6 is 11.6 Å². The molecule has 1 aliphatic rings. The molecule has 1 aromatic heterocycles. The van der Waals surface area contributed by atoms with Gasteiger partial charge in [0, 0.05) is 36.1 Å². The first-order chi connectivity index (χ1) is 11.7. The van der Waals surface area contributed by atoms with Crippen molar-refractivity contribution in [1.82, 2.24) is 15.3 Å². The van der Waals surface area contributed by atoms with Gasteiger partial charge in [-0.1, -0.05) is 17.7 Å². The Hall–Kier alpha value is -2.11. The predicted octanol–water partition coefficient (Wildman–Crippen LogP) is 3.99. The van der Waals surface area contributed by atoms with Gasteiger partial charge in [0.15, 0.2) is 0 Å². The largest absolute Gasteiger partial charge is 0.373 e. The van der Waals surface area contributed by atoms with Crippen LogP contribution in [0.2, 0.25) is 5.02 Å². The van der Waals surface area contributed by atoms with Gasteiger partial charge in [-0.05, 0) is 55.6 Å². The second kappa shape index (κ2) is 7.64. The number of aryl methyl sites for hydroxylation is 1. The normalized spacial score (nSPS) is 14.7. The zero-order valence-corrected chi connectivity index (χ0v) is 14.7. The van der Waals surface area contributed by atoms with Crippen molar-refractivity contribution in [3.05, 3.63) is 46.6 Å². The smallest absolute Gasteiger partial charge is 0.229 e. The summed E-state index contributed by atoms with van der Waals surface area (Å²) in [6.45, 7) is 3.87. The van der Waals surface area contributed by atoms with Crippen LogP contribution in [0, 0.1) is 6.92 Å². The lowest BCUT2D eigenvalue weighted by molar-refractivity contribution is 0.723. The lowest BCUT2D eigenvalue weighted by Gasteiger charge is -2.12. The maximum absolute atomic E-state index is 6.43. The van der Waals surface area contributed by atoms with Gasteiger partial charge < -0.3 is 16.0 Å². The van der Waals surface area contributed by atoms with Gasteiger partial charge in [-0.2, -0.15) is 4.98 Å². The van der Waals surface area contributed by atoms with Gasteiger partial charge in [0.05, 0.1) is 0 Å². The van der Waals surface area contributed by atoms with Gasteiger partial charge in [-0.25, -0.2) is 4.98 Å². The second-order valence-corrected chi connectivity index (χ2v) is 6.23. The molecule has 0 saturated carbocycles. The van der Waals surface area contributed by atoms with E-state index in [1.165, 1.54) is 5.57 Å². The lowest BCUT2D eigenvalue weighted by Crippen LogP contribution is -2.12. The summed E-state index contributed by atoms with van der Waals surface area (Å²) in [7, 11) is 1.85. The fourth-order valence-corrected chi connectivity index (χ4v) is 3.02. The third kappa shape index (κ3) is 4.04. The molecule has 1 aliphatic heterocycles. The fourth-order valence-electron chi connectivity index (χ4n) is 2.78. The van der Waals surface area contributed by atoms with E-state index in [0.29, 0.717) is 5.95 Å². The number of anilines is 3. The third-order valence-electron chi connectivity index (χ3n) is 3.97. The van der Waals surface area contributed by atoms with E-state index in [-0.39, 0.29) is 0 Å². The molecule has 0 radical (unpaired) electrons. The predicted molar refractivity (Wildman–Crippen MR) is 101 cm³/mol. The number of benzene rings is 1. The Balaban J connectivity index is 1.88. The van der Waals surface area contributed by atoms with Gasteiger partial charge >= 0.3 is 0 Å². The highest BCUT2D eigenvalue weighted by Crippen LogP contribution is 2.31. The first-order valence-corrected chi connectivity index (χ1v) is 8.53. The summed E-state index contributed by atoms with van der Waals surface area (Å²) in [5.41, 5.74) is 4.20. The van der Waals surface area contributed by atoms with E-state index in [0.717, 1.165) is 53.7 Å². The molecular weight excluding hydrogens is 322 g/mol. The highest BCUT2D eigenvalue weighted by molar-refractivity contribution is 6.32. The molecule has 2 heterocycles. The standard InChI is InChI=1S/C18H22ClN5/c1-12-10-17(20-2)24-18(22-12)23-14-5-6-16(19)15(11-14)13-4-3-8-21-9-7-13/h5-7,10-11,21H,3-4,8-9H2,1-2H3,(H2,20,22,23,24). The maximum Gasteiger partial charge on any atom is 0.229 e. The number of nitrogens with zero attached hydrogens (tertiary/aromatic N) is 2. The molecule has 0 aliphatic carbocycles. The van der Waals surface area contributed by atoms with Crippen LogP contribution < -0.4 is 16.0 Å². The number of halogens is 1. The molecule has 0 atom stereocenters. The van der Waals surface area contributed by atoms with Crippen LogP contribution in [0.5, 0.6) is 0 Å². The summed E-state index contributed by atoms with van der Waals surface area (Å²) in [6.07, 6.45) is 4.37. The Morgan fingerprint density at radius 3 is 2.92 bits per heavy atom. The molecule has 2 aromatic rings. The van der Waals surface area contributed by atoms with Crippen LogP contribution in [0.3, 0.4) is 0 Å². The van der Waals surface area contributed by atoms with Crippen molar-refractivity contribution >= 4 is 34.6 Å². The number of nitrogens with one attached hydrogen (secondary N) is 3. The molecule has 6 heteroatoms. The number of hydrogen-bond donors (Lipinski definition) is 3. The molecule has 0 fully saturated rings. The average molecular weight is 344 g/mol. The minimum atomic E-state index is 0.573. The summed E-state index contributed by atoms with van der Waals surface area (Å²) in [4.78, 5) is 8.87. The molecule has 0 bridgehead atoms. The highest BCUT2D eigenvalue weighted by Gasteiger charge is 2.11. The van der Waals surface area contributed by atoms with Crippen molar-refractivity contribution in [1.29, 1.82) is 0 Å². The quantitative estimate of drug-likeness (QED) is 0.783. The molecule has 3 N–H and O–H groups in total. The molecule has 0 unspecified atom stereocenters. The molecule has 0 spiro atoms. The van der Waals surface area contributed by atoms with Crippen LogP contribution in [-0.2, 0) is 0 Å². The molecule has 1 aromatic carbocycles. The molecule has 0 saturated heterocycles. The van der Waals surface area contributed by atoms with Crippen LogP contribution in [0.4, 0.5) is 17.5 Å². The van der Waals surface area contributed by atoms with E-state index in [2.05, 4.69) is 38.1 Å². The first kappa shape index (κ1) is 16.7. The van der Waals surface area contributed by atoms with Crippen LogP contribution in [0.1, 0.15) is 24.1 Å². The van der Waals surface area contributed by atoms with Crippen molar-refractivity contribution in [3.8, 4) is 0 Å². The summed E-state index contributed by atoms with van der Waals surface area (Å²) in [5, 5.41) is 10.5. The summed E-state index contributed by atoms with van der Waals surface area (Å²) < 4.78 is 0. The van der Waals surface area contributed by atoms with Crippen molar-refractivity contribution in [2.24, 2.45) is 0 Å². The van der Waals surface area contributed by atoms with Crippen molar-refractivity contribution in [2.45, 2.75) is 19.8 Å². The van der Waals surface area contributed by atoms with Crippen molar-refractivity contribution < 1.29 is 0 Å². The molecular formula is C18H22ClN5. The molecule has 126 valence electrons. The maximum atomic E-state index is 6.43. The molecule has 24 heavy (non-hydrogen) atoms. The van der Waals surface area contributed by atoms with E-state index in [1.807, 2.05) is 32.2 Å². The average Bonchev–Trinajstić information content (AvgIpc) is 2.85. The fraction of sp³-hybridized carbons (Fsp3) is 0.333. The van der Waals surface area contributed by atoms with E-state index in [1.54, 1.807) is 0 Å². The van der Waals surface area contributed by atoms with Gasteiger partial charge in [0.2, 0.25) is 5.95 Å². The Bertz CT molecular complexity index is 757. The SMILES string of the molecule is CNc1cc(C)nc(Nc2ccc(Cl)c(C3=CCNCCC3)c2)n1. The zero-order valence-electron chi connectivity index (χ0n) is 14.0. The number of hydrogen-bond acceptors (Lipinski definition) is 5. The Labute approximate surface area is 147 Å². The molecule has 0 amide bonds. The van der Waals surface area contributed by atoms with Crippen LogP contribution in [-0.4, -0.2) is 30.1 Å². The third-order valence-corrected chi connectivity index (χ3v) is 4.30. The van der Waals surface area contributed by atoms with E-state index >= 15 is 0 Å². The van der Waals surface area contributed by atoms with Crippen molar-refractivity contribution in [3.63, 3.8) is 0 Å². The number of rotatable bonds is 4. The van der Waals surface area contributed by atoms with E-state index < -0.39 is 0 Å². The molecule has 5 nitrogen and oxygen atoms in total. The van der Waals surface area contributed by atoms with Crippen molar-refractivity contribution in [2.75, 3.05) is 30.8 Å². The zero-order chi connectivity index (χ0) is 16.9. The Kier molecular flexibility index (Phi) is 5.33. The van der Waals surface area contributed by atoms with Gasteiger partial charge in [0.1, 0.15) is 5.82 Å². The van der Waals surface area contributed by atoms with E-state index in [4.69, 9.17) is 11.6 Å². The monoisotopic (exact) mass is 343 g/mol. The minimum absolute atomic E-state index is 0.573. The first-order valence-electron chi connectivity index (χ1n) is 8.16. The minimum Gasteiger partial charge on any atom is -0.373 e. The van der Waals surface area contributed by atoms with Gasteiger partial charge in [-0.15, -0.1) is 0 Å². The second-order valence-electron chi connectivity index (χ2n) is 5.82. The molecule has 3 rings (SSSR count). The Morgan fingerprint density at radius 1 is 1.21 bits per heavy atom. The highest BCUT2D eigenvalue weighted by atomic mass is 35.5. The van der Waals surface area contributed by atoms with Gasteiger partial charge in [0.25, 0.3) is 0 Å². The summed E-state index contributed by atoms with van der Waals surface area (Å²) in [6, 6.07) is 7.85. The topological polar surface area (TPSA) is 61.9 Å². The Morgan fingerprint density at radius 2 is 2.08 bits per heavy atom. The lowest BCUT2D eigenvalue weighted by atomic mass is 10.0. The van der Waals surface area contributed by atoms with E-state index in [9.17, 15) is 0 Å². The van der Waals surface area contributed by atoms with Gasteiger partial charge in [-0.3, -0.25) is 0 Å². The van der Waals surface area contributed by atoms with Crippen LogP contribution in [0.15, 0.2) is 30.3 Å². The number of aromatic nitrogens is 2. The number of allylic oxidation sites excluding steroid dienone is 1. The van der Waals surface area contributed by atoms with Crippen LogP contribution in [0.25, 0.3) is 5.57 Å². The summed E-state index contributed by atoms with van der Waals surface area (Å²) >= 11 is 6.43.